The van der Waals surface area contributed by atoms with Crippen LogP contribution in [-0.2, 0) is 4.79 Å². The van der Waals surface area contributed by atoms with Gasteiger partial charge in [-0.3, -0.25) is 4.79 Å². The van der Waals surface area contributed by atoms with Crippen LogP contribution in [-0.4, -0.2) is 34.6 Å². The lowest BCUT2D eigenvalue weighted by atomic mass is 10.0. The summed E-state index contributed by atoms with van der Waals surface area (Å²) >= 11 is 0. The van der Waals surface area contributed by atoms with Gasteiger partial charge in [0.25, 0.3) is 0 Å². The number of aromatic nitrogens is 2. The minimum atomic E-state index is -0.0775. The molecule has 6 heteroatoms. The van der Waals surface area contributed by atoms with Gasteiger partial charge in [-0.05, 0) is 56.4 Å². The van der Waals surface area contributed by atoms with Gasteiger partial charge in [-0.15, -0.1) is 0 Å². The van der Waals surface area contributed by atoms with Crippen LogP contribution >= 0.6 is 0 Å². The fraction of sp³-hybridized carbons (Fsp3) is 0.500. The Kier molecular flexibility index (Phi) is 3.96. The van der Waals surface area contributed by atoms with E-state index in [0.29, 0.717) is 11.7 Å². The Hall–Kier alpha value is -2.37. The largest absolute Gasteiger partial charge is 0.497 e. The van der Waals surface area contributed by atoms with E-state index >= 15 is 0 Å². The van der Waals surface area contributed by atoms with Gasteiger partial charge < -0.3 is 14.2 Å². The van der Waals surface area contributed by atoms with E-state index in [1.54, 1.807) is 7.11 Å². The third-order valence-electron chi connectivity index (χ3n) is 4.79. The number of carbonyl (C=O) groups is 1. The summed E-state index contributed by atoms with van der Waals surface area (Å²) in [5.74, 6) is 2.36. The Morgan fingerprint density at radius 1 is 1.21 bits per heavy atom. The highest BCUT2D eigenvalue weighted by Crippen LogP contribution is 2.37. The number of rotatable bonds is 4. The molecule has 126 valence electrons. The molecule has 1 aromatic carbocycles. The monoisotopic (exact) mass is 327 g/mol. The standard InChI is InChI=1S/C18H21N3O3/c1-23-14-9-7-12(8-10-14)16-19-17(24-20-16)15-4-2-3-11-21(15)18(22)13-5-6-13/h7-10,13,15H,2-6,11H2,1H3. The highest BCUT2D eigenvalue weighted by atomic mass is 16.5. The lowest BCUT2D eigenvalue weighted by Gasteiger charge is -2.33. The van der Waals surface area contributed by atoms with E-state index in [2.05, 4.69) is 10.1 Å². The van der Waals surface area contributed by atoms with Crippen molar-refractivity contribution < 1.29 is 14.1 Å². The minimum absolute atomic E-state index is 0.0775. The first-order valence-electron chi connectivity index (χ1n) is 8.55. The molecule has 6 nitrogen and oxygen atoms in total. The number of benzene rings is 1. The number of piperidine rings is 1. The second-order valence-corrected chi connectivity index (χ2v) is 6.50. The van der Waals surface area contributed by atoms with E-state index in [0.717, 1.165) is 50.0 Å². The van der Waals surface area contributed by atoms with Crippen LogP contribution in [0.15, 0.2) is 28.8 Å². The number of methoxy groups -OCH3 is 1. The fourth-order valence-electron chi connectivity index (χ4n) is 3.24. The van der Waals surface area contributed by atoms with Crippen molar-refractivity contribution >= 4 is 5.91 Å². The summed E-state index contributed by atoms with van der Waals surface area (Å²) in [4.78, 5) is 19.0. The number of carbonyl (C=O) groups excluding carboxylic acids is 1. The van der Waals surface area contributed by atoms with Gasteiger partial charge in [0.2, 0.25) is 17.6 Å². The van der Waals surface area contributed by atoms with Crippen molar-refractivity contribution in [2.45, 2.75) is 38.1 Å². The zero-order valence-electron chi connectivity index (χ0n) is 13.8. The van der Waals surface area contributed by atoms with Gasteiger partial charge in [0.1, 0.15) is 11.8 Å². The summed E-state index contributed by atoms with van der Waals surface area (Å²) in [7, 11) is 1.63. The predicted molar refractivity (Wildman–Crippen MR) is 87.3 cm³/mol. The van der Waals surface area contributed by atoms with Crippen molar-refractivity contribution in [3.8, 4) is 17.1 Å². The SMILES string of the molecule is COc1ccc(-c2noc(C3CCCCN3C(=O)C3CC3)n2)cc1. The molecular formula is C18H21N3O3. The van der Waals surface area contributed by atoms with Crippen LogP contribution < -0.4 is 4.74 Å². The van der Waals surface area contributed by atoms with Crippen molar-refractivity contribution in [3.63, 3.8) is 0 Å². The van der Waals surface area contributed by atoms with Crippen LogP contribution in [0.1, 0.15) is 44.0 Å². The number of amides is 1. The van der Waals surface area contributed by atoms with Crippen LogP contribution in [0, 0.1) is 5.92 Å². The lowest BCUT2D eigenvalue weighted by Crippen LogP contribution is -2.39. The number of nitrogens with zero attached hydrogens (tertiary/aromatic N) is 3. The van der Waals surface area contributed by atoms with Crippen molar-refractivity contribution in [2.24, 2.45) is 5.92 Å². The third kappa shape index (κ3) is 2.88. The molecule has 0 radical (unpaired) electrons. The quantitative estimate of drug-likeness (QED) is 0.862. The first-order chi connectivity index (χ1) is 11.8. The molecule has 1 aliphatic heterocycles. The molecule has 1 saturated heterocycles. The van der Waals surface area contributed by atoms with E-state index in [1.807, 2.05) is 29.2 Å². The fourth-order valence-corrected chi connectivity index (χ4v) is 3.24. The predicted octanol–water partition coefficient (Wildman–Crippen LogP) is 3.21. The van der Waals surface area contributed by atoms with E-state index < -0.39 is 0 Å². The number of likely N-dealkylation sites (tertiary alicyclic amines) is 1. The van der Waals surface area contributed by atoms with Crippen LogP contribution in [0.5, 0.6) is 5.75 Å². The van der Waals surface area contributed by atoms with Gasteiger partial charge in [-0.2, -0.15) is 4.98 Å². The molecule has 2 aromatic rings. The topological polar surface area (TPSA) is 68.5 Å². The van der Waals surface area contributed by atoms with Gasteiger partial charge >= 0.3 is 0 Å². The van der Waals surface area contributed by atoms with E-state index in [-0.39, 0.29) is 17.9 Å². The molecule has 24 heavy (non-hydrogen) atoms. The molecule has 1 aromatic heterocycles. The minimum Gasteiger partial charge on any atom is -0.497 e. The molecule has 2 heterocycles. The van der Waals surface area contributed by atoms with Crippen LogP contribution in [0.2, 0.25) is 0 Å². The summed E-state index contributed by atoms with van der Waals surface area (Å²) in [5, 5.41) is 4.11. The third-order valence-corrected chi connectivity index (χ3v) is 4.79. The summed E-state index contributed by atoms with van der Waals surface area (Å²) < 4.78 is 10.7. The van der Waals surface area contributed by atoms with Gasteiger partial charge in [-0.1, -0.05) is 5.16 Å². The highest BCUT2D eigenvalue weighted by molar-refractivity contribution is 5.81. The van der Waals surface area contributed by atoms with Crippen molar-refractivity contribution in [1.82, 2.24) is 15.0 Å². The summed E-state index contributed by atoms with van der Waals surface area (Å²) in [6, 6.07) is 7.47. The van der Waals surface area contributed by atoms with E-state index in [1.165, 1.54) is 0 Å². The molecule has 1 amide bonds. The molecular weight excluding hydrogens is 306 g/mol. The molecule has 0 N–H and O–H groups in total. The second-order valence-electron chi connectivity index (χ2n) is 6.50. The highest BCUT2D eigenvalue weighted by Gasteiger charge is 2.39. The average molecular weight is 327 g/mol. The van der Waals surface area contributed by atoms with E-state index in [4.69, 9.17) is 9.26 Å². The molecule has 0 spiro atoms. The maximum absolute atomic E-state index is 12.5. The van der Waals surface area contributed by atoms with Crippen molar-refractivity contribution in [2.75, 3.05) is 13.7 Å². The first kappa shape index (κ1) is 15.2. The smallest absolute Gasteiger partial charge is 0.249 e. The summed E-state index contributed by atoms with van der Waals surface area (Å²) in [6.45, 7) is 0.792. The molecule has 1 saturated carbocycles. The summed E-state index contributed by atoms with van der Waals surface area (Å²) in [5.41, 5.74) is 0.877. The Morgan fingerprint density at radius 3 is 2.71 bits per heavy atom. The number of ether oxygens (including phenoxy) is 1. The van der Waals surface area contributed by atoms with Crippen molar-refractivity contribution in [3.05, 3.63) is 30.2 Å². The van der Waals surface area contributed by atoms with Gasteiger partial charge in [-0.25, -0.2) is 0 Å². The first-order valence-corrected chi connectivity index (χ1v) is 8.55. The van der Waals surface area contributed by atoms with Crippen molar-refractivity contribution in [1.29, 1.82) is 0 Å². The maximum atomic E-state index is 12.5. The lowest BCUT2D eigenvalue weighted by molar-refractivity contribution is -0.137. The number of hydrogen-bond donors (Lipinski definition) is 0. The van der Waals surface area contributed by atoms with Crippen LogP contribution in [0.25, 0.3) is 11.4 Å². The zero-order valence-corrected chi connectivity index (χ0v) is 13.8. The molecule has 0 bridgehead atoms. The maximum Gasteiger partial charge on any atom is 0.249 e. The Balaban J connectivity index is 1.56. The Morgan fingerprint density at radius 2 is 2.00 bits per heavy atom. The molecule has 1 atom stereocenters. The van der Waals surface area contributed by atoms with Gasteiger partial charge in [0, 0.05) is 18.0 Å². The molecule has 2 aliphatic rings. The molecule has 2 fully saturated rings. The van der Waals surface area contributed by atoms with E-state index in [9.17, 15) is 4.79 Å². The van der Waals surface area contributed by atoms with Crippen LogP contribution in [0.3, 0.4) is 0 Å². The summed E-state index contributed by atoms with van der Waals surface area (Å²) in [6.07, 6.45) is 5.06. The van der Waals surface area contributed by atoms with Gasteiger partial charge in [0.05, 0.1) is 7.11 Å². The molecule has 1 aliphatic carbocycles. The normalized spacial score (nSPS) is 20.9. The Labute approximate surface area is 140 Å². The Bertz CT molecular complexity index is 721. The average Bonchev–Trinajstić information content (AvgIpc) is 3.38. The second kappa shape index (κ2) is 6.26. The molecule has 1 unspecified atom stereocenters. The van der Waals surface area contributed by atoms with Crippen LogP contribution in [0.4, 0.5) is 0 Å². The zero-order chi connectivity index (χ0) is 16.5. The number of hydrogen-bond acceptors (Lipinski definition) is 5. The molecule has 4 rings (SSSR count). The van der Waals surface area contributed by atoms with Gasteiger partial charge in [0.15, 0.2) is 0 Å².